The number of hydrogen-bond donors (Lipinski definition) is 0. The van der Waals surface area contributed by atoms with E-state index in [9.17, 15) is 4.79 Å². The maximum atomic E-state index is 12.6. The predicted molar refractivity (Wildman–Crippen MR) is 81.4 cm³/mol. The molecule has 5 nitrogen and oxygen atoms in total. The van der Waals surface area contributed by atoms with Crippen LogP contribution < -0.4 is 0 Å². The number of ether oxygens (including phenoxy) is 1. The van der Waals surface area contributed by atoms with Gasteiger partial charge in [0.05, 0.1) is 36.6 Å². The van der Waals surface area contributed by atoms with Gasteiger partial charge in [0.2, 0.25) is 5.91 Å². The summed E-state index contributed by atoms with van der Waals surface area (Å²) in [6.45, 7) is 2.65. The zero-order valence-corrected chi connectivity index (χ0v) is 12.4. The van der Waals surface area contributed by atoms with E-state index in [2.05, 4.69) is 5.10 Å². The highest BCUT2D eigenvalue weighted by Crippen LogP contribution is 2.27. The van der Waals surface area contributed by atoms with Gasteiger partial charge >= 0.3 is 0 Å². The molecular formula is C17H19N3O2. The van der Waals surface area contributed by atoms with Crippen LogP contribution in [0.2, 0.25) is 0 Å². The molecule has 0 aliphatic carbocycles. The maximum absolute atomic E-state index is 12.6. The molecule has 2 aliphatic heterocycles. The first-order chi connectivity index (χ1) is 10.8. The topological polar surface area (TPSA) is 47.4 Å². The number of hydrogen-bond acceptors (Lipinski definition) is 3. The van der Waals surface area contributed by atoms with Crippen LogP contribution in [0.3, 0.4) is 0 Å². The molecule has 0 bridgehead atoms. The Morgan fingerprint density at radius 2 is 2.09 bits per heavy atom. The Bertz CT molecular complexity index is 674. The van der Waals surface area contributed by atoms with Crippen molar-refractivity contribution < 1.29 is 9.53 Å². The van der Waals surface area contributed by atoms with Crippen molar-refractivity contribution in [2.24, 2.45) is 5.92 Å². The Kier molecular flexibility index (Phi) is 3.42. The van der Waals surface area contributed by atoms with Crippen LogP contribution in [0.15, 0.2) is 36.5 Å². The average molecular weight is 297 g/mol. The minimum Gasteiger partial charge on any atom is -0.381 e. The Hall–Kier alpha value is -2.14. The molecule has 2 aromatic rings. The zero-order valence-electron chi connectivity index (χ0n) is 12.4. The lowest BCUT2D eigenvalue weighted by Crippen LogP contribution is -2.36. The van der Waals surface area contributed by atoms with Crippen molar-refractivity contribution in [2.45, 2.75) is 25.9 Å². The number of benzene rings is 1. The van der Waals surface area contributed by atoms with Crippen molar-refractivity contribution in [3.05, 3.63) is 47.8 Å². The molecule has 22 heavy (non-hydrogen) atoms. The van der Waals surface area contributed by atoms with E-state index in [1.807, 2.05) is 46.1 Å². The lowest BCUT2D eigenvalue weighted by atomic mass is 10.0. The number of aromatic nitrogens is 2. The Morgan fingerprint density at radius 3 is 2.86 bits per heavy atom. The smallest absolute Gasteiger partial charge is 0.228 e. The summed E-state index contributed by atoms with van der Waals surface area (Å²) in [5.74, 6) is 0.242. The van der Waals surface area contributed by atoms with Gasteiger partial charge in [-0.1, -0.05) is 18.2 Å². The van der Waals surface area contributed by atoms with Crippen LogP contribution in [-0.2, 0) is 22.6 Å². The first-order valence-corrected chi connectivity index (χ1v) is 7.80. The summed E-state index contributed by atoms with van der Waals surface area (Å²) in [6, 6.07) is 10.1. The van der Waals surface area contributed by atoms with Crippen molar-refractivity contribution in [1.82, 2.24) is 14.7 Å². The van der Waals surface area contributed by atoms with E-state index in [4.69, 9.17) is 4.74 Å². The number of rotatable bonds is 2. The van der Waals surface area contributed by atoms with Crippen LogP contribution in [0, 0.1) is 5.92 Å². The largest absolute Gasteiger partial charge is 0.381 e. The first kappa shape index (κ1) is 13.5. The van der Waals surface area contributed by atoms with Gasteiger partial charge in [-0.2, -0.15) is 5.10 Å². The van der Waals surface area contributed by atoms with Crippen LogP contribution in [0.5, 0.6) is 0 Å². The quantitative estimate of drug-likeness (QED) is 0.853. The summed E-state index contributed by atoms with van der Waals surface area (Å²) in [5.41, 5.74) is 3.31. The molecule has 0 saturated carbocycles. The summed E-state index contributed by atoms with van der Waals surface area (Å²) < 4.78 is 7.39. The highest BCUT2D eigenvalue weighted by atomic mass is 16.5. The number of carbonyl (C=O) groups excluding carboxylic acids is 1. The van der Waals surface area contributed by atoms with Crippen LogP contribution in [0.1, 0.15) is 24.1 Å². The fourth-order valence-corrected chi connectivity index (χ4v) is 3.29. The van der Waals surface area contributed by atoms with Gasteiger partial charge in [0.25, 0.3) is 0 Å². The van der Waals surface area contributed by atoms with Crippen molar-refractivity contribution in [3.8, 4) is 5.69 Å². The molecule has 1 aromatic heterocycles. The highest BCUT2D eigenvalue weighted by Gasteiger charge is 2.32. The highest BCUT2D eigenvalue weighted by molar-refractivity contribution is 5.79. The average Bonchev–Trinajstić information content (AvgIpc) is 3.16. The SMILES string of the molecule is O=C([C@H]1CCCOC1)N1Cc2cnn(-c3ccccc3)c2C1. The fourth-order valence-electron chi connectivity index (χ4n) is 3.29. The molecular weight excluding hydrogens is 278 g/mol. The van der Waals surface area contributed by atoms with Crippen LogP contribution in [0.4, 0.5) is 0 Å². The molecule has 5 heteroatoms. The first-order valence-electron chi connectivity index (χ1n) is 7.80. The second-order valence-corrected chi connectivity index (χ2v) is 5.97. The summed E-state index contributed by atoms with van der Waals surface area (Å²) in [5, 5.41) is 4.47. The number of amides is 1. The lowest BCUT2D eigenvalue weighted by Gasteiger charge is -2.26. The summed E-state index contributed by atoms with van der Waals surface area (Å²) in [7, 11) is 0. The molecule has 114 valence electrons. The van der Waals surface area contributed by atoms with Gasteiger partial charge in [0.15, 0.2) is 0 Å². The molecule has 4 rings (SSSR count). The van der Waals surface area contributed by atoms with Crippen LogP contribution in [-0.4, -0.2) is 33.8 Å². The summed E-state index contributed by atoms with van der Waals surface area (Å²) in [4.78, 5) is 14.6. The minimum atomic E-state index is 0.0240. The van der Waals surface area contributed by atoms with E-state index in [1.165, 1.54) is 0 Å². The lowest BCUT2D eigenvalue weighted by molar-refractivity contribution is -0.140. The van der Waals surface area contributed by atoms with Crippen molar-refractivity contribution in [3.63, 3.8) is 0 Å². The summed E-state index contributed by atoms with van der Waals surface area (Å²) in [6.07, 6.45) is 3.80. The Labute approximate surface area is 129 Å². The second kappa shape index (κ2) is 5.57. The molecule has 1 atom stereocenters. The number of nitrogens with zero attached hydrogens (tertiary/aromatic N) is 3. The third-order valence-corrected chi connectivity index (χ3v) is 4.48. The standard InChI is InChI=1S/C17H19N3O2/c21-17(13-5-4-8-22-12-13)19-10-14-9-18-20(16(14)11-19)15-6-2-1-3-7-15/h1-3,6-7,9,13H,4-5,8,10-12H2/t13-/m0/s1. The van der Waals surface area contributed by atoms with Crippen molar-refractivity contribution in [2.75, 3.05) is 13.2 Å². The normalized spacial score (nSPS) is 20.9. The van der Waals surface area contributed by atoms with E-state index in [1.54, 1.807) is 0 Å². The van der Waals surface area contributed by atoms with Gasteiger partial charge in [-0.3, -0.25) is 4.79 Å². The van der Waals surface area contributed by atoms with Gasteiger partial charge in [-0.15, -0.1) is 0 Å². The second-order valence-electron chi connectivity index (χ2n) is 5.97. The molecule has 1 fully saturated rings. The van der Waals surface area contributed by atoms with Gasteiger partial charge < -0.3 is 9.64 Å². The van der Waals surface area contributed by atoms with Gasteiger partial charge in [0, 0.05) is 18.7 Å². The van der Waals surface area contributed by atoms with E-state index in [0.717, 1.165) is 36.4 Å². The van der Waals surface area contributed by atoms with Crippen molar-refractivity contribution in [1.29, 1.82) is 0 Å². The monoisotopic (exact) mass is 297 g/mol. The van der Waals surface area contributed by atoms with Gasteiger partial charge in [-0.05, 0) is 25.0 Å². The van der Waals surface area contributed by atoms with E-state index < -0.39 is 0 Å². The van der Waals surface area contributed by atoms with E-state index >= 15 is 0 Å². The third kappa shape index (κ3) is 2.31. The molecule has 1 amide bonds. The molecule has 2 aliphatic rings. The van der Waals surface area contributed by atoms with Crippen LogP contribution in [0.25, 0.3) is 5.69 Å². The number of para-hydroxylation sites is 1. The molecule has 0 unspecified atom stereocenters. The van der Waals surface area contributed by atoms with Gasteiger partial charge in [0.1, 0.15) is 0 Å². The molecule has 3 heterocycles. The van der Waals surface area contributed by atoms with Crippen LogP contribution >= 0.6 is 0 Å². The van der Waals surface area contributed by atoms with Gasteiger partial charge in [-0.25, -0.2) is 4.68 Å². The molecule has 0 radical (unpaired) electrons. The fraction of sp³-hybridized carbons (Fsp3) is 0.412. The molecule has 1 aromatic carbocycles. The minimum absolute atomic E-state index is 0.0240. The number of carbonyl (C=O) groups is 1. The van der Waals surface area contributed by atoms with Crippen molar-refractivity contribution >= 4 is 5.91 Å². The zero-order chi connectivity index (χ0) is 14.9. The maximum Gasteiger partial charge on any atom is 0.228 e. The van der Waals surface area contributed by atoms with E-state index in [-0.39, 0.29) is 11.8 Å². The molecule has 0 spiro atoms. The molecule has 0 N–H and O–H groups in total. The predicted octanol–water partition coefficient (Wildman–Crippen LogP) is 2.14. The third-order valence-electron chi connectivity index (χ3n) is 4.48. The Morgan fingerprint density at radius 1 is 1.23 bits per heavy atom. The summed E-state index contributed by atoms with van der Waals surface area (Å²) >= 11 is 0. The van der Waals surface area contributed by atoms with E-state index in [0.29, 0.717) is 19.7 Å². The molecule has 1 saturated heterocycles. The Balaban J connectivity index is 1.54. The number of fused-ring (bicyclic) bond motifs is 1.